The minimum absolute atomic E-state index is 0.0532. The van der Waals surface area contributed by atoms with Crippen LogP contribution in [-0.4, -0.2) is 13.1 Å². The molecule has 3 aliphatic heterocycles. The van der Waals surface area contributed by atoms with Crippen molar-refractivity contribution in [3.8, 4) is 6.07 Å². The van der Waals surface area contributed by atoms with E-state index in [9.17, 15) is 5.26 Å². The Kier molecular flexibility index (Phi) is 6.05. The highest BCUT2D eigenvalue weighted by Crippen LogP contribution is 2.49. The van der Waals surface area contributed by atoms with Crippen molar-refractivity contribution in [1.82, 2.24) is 0 Å². The summed E-state index contributed by atoms with van der Waals surface area (Å²) in [5.41, 5.74) is 7.11. The van der Waals surface area contributed by atoms with Gasteiger partial charge in [-0.1, -0.05) is 47.3 Å². The molecule has 0 atom stereocenters. The number of rotatable bonds is 4. The first-order valence-corrected chi connectivity index (χ1v) is 12.0. The molecule has 0 aromatic heterocycles. The third-order valence-corrected chi connectivity index (χ3v) is 7.44. The molecular formula is C30H33N3O. The molecule has 4 nitrogen and oxygen atoms in total. The molecule has 0 saturated heterocycles. The molecular weight excluding hydrogens is 418 g/mol. The monoisotopic (exact) mass is 451 g/mol. The maximum atomic E-state index is 9.38. The average molecular weight is 452 g/mol. The molecule has 0 N–H and O–H groups in total. The SMILES string of the molecule is [C-]#[N+]C(C#N)=C1C=C(C=Cc2cc3c4c(c2)C(C)(C)CCN4CCC3(C)C)OC(C(=C)CC)=C1. The van der Waals surface area contributed by atoms with E-state index < -0.39 is 0 Å². The first-order valence-electron chi connectivity index (χ1n) is 12.0. The Morgan fingerprint density at radius 2 is 1.76 bits per heavy atom. The van der Waals surface area contributed by atoms with Gasteiger partial charge in [-0.25, -0.2) is 10.1 Å². The van der Waals surface area contributed by atoms with E-state index in [0.29, 0.717) is 17.1 Å². The highest BCUT2D eigenvalue weighted by atomic mass is 16.5. The van der Waals surface area contributed by atoms with Crippen molar-refractivity contribution < 1.29 is 4.74 Å². The van der Waals surface area contributed by atoms with Gasteiger partial charge in [-0.05, 0) is 88.3 Å². The summed E-state index contributed by atoms with van der Waals surface area (Å²) in [6.07, 6.45) is 10.5. The van der Waals surface area contributed by atoms with Crippen LogP contribution in [0.2, 0.25) is 0 Å². The van der Waals surface area contributed by atoms with Crippen molar-refractivity contribution in [1.29, 1.82) is 5.26 Å². The number of anilines is 1. The highest BCUT2D eigenvalue weighted by Gasteiger charge is 2.39. The number of benzene rings is 1. The van der Waals surface area contributed by atoms with Crippen molar-refractivity contribution >= 4 is 11.8 Å². The van der Waals surface area contributed by atoms with E-state index in [2.05, 4.69) is 62.2 Å². The Labute approximate surface area is 204 Å². The number of nitriles is 1. The van der Waals surface area contributed by atoms with Crippen LogP contribution in [-0.2, 0) is 15.6 Å². The molecule has 0 radical (unpaired) electrons. The Bertz CT molecular complexity index is 1200. The molecule has 4 rings (SSSR count). The van der Waals surface area contributed by atoms with Crippen LogP contribution in [0.1, 0.15) is 70.6 Å². The lowest BCUT2D eigenvalue weighted by atomic mass is 9.69. The zero-order valence-electron chi connectivity index (χ0n) is 21.0. The van der Waals surface area contributed by atoms with Crippen molar-refractivity contribution in [3.63, 3.8) is 0 Å². The van der Waals surface area contributed by atoms with Crippen LogP contribution in [0, 0.1) is 17.9 Å². The Balaban J connectivity index is 1.78. The molecule has 0 fully saturated rings. The number of ether oxygens (including phenoxy) is 1. The van der Waals surface area contributed by atoms with Crippen LogP contribution in [0.5, 0.6) is 0 Å². The average Bonchev–Trinajstić information content (AvgIpc) is 2.81. The van der Waals surface area contributed by atoms with Gasteiger partial charge < -0.3 is 9.64 Å². The van der Waals surface area contributed by atoms with E-state index in [0.717, 1.165) is 43.5 Å². The molecule has 0 aliphatic carbocycles. The summed E-state index contributed by atoms with van der Waals surface area (Å²) in [6, 6.07) is 6.64. The molecule has 0 saturated carbocycles. The van der Waals surface area contributed by atoms with Gasteiger partial charge in [0, 0.05) is 18.8 Å². The summed E-state index contributed by atoms with van der Waals surface area (Å²) in [6.45, 7) is 25.1. The number of nitrogens with zero attached hydrogens (tertiary/aromatic N) is 3. The van der Waals surface area contributed by atoms with Crippen molar-refractivity contribution in [2.24, 2.45) is 0 Å². The second-order valence-corrected chi connectivity index (χ2v) is 10.7. The smallest absolute Gasteiger partial charge is 0.269 e. The Morgan fingerprint density at radius 3 is 2.29 bits per heavy atom. The van der Waals surface area contributed by atoms with Crippen molar-refractivity contribution in [2.45, 2.75) is 64.7 Å². The quantitative estimate of drug-likeness (QED) is 0.355. The van der Waals surface area contributed by atoms with E-state index in [1.807, 2.05) is 19.1 Å². The molecule has 0 unspecified atom stereocenters. The molecule has 3 heterocycles. The molecule has 174 valence electrons. The van der Waals surface area contributed by atoms with Crippen molar-refractivity contribution in [2.75, 3.05) is 18.0 Å². The van der Waals surface area contributed by atoms with Crippen LogP contribution in [0.15, 0.2) is 65.3 Å². The topological polar surface area (TPSA) is 40.6 Å². The molecule has 0 amide bonds. The summed E-state index contributed by atoms with van der Waals surface area (Å²) in [7, 11) is 0. The van der Waals surface area contributed by atoms with Gasteiger partial charge in [0.25, 0.3) is 5.70 Å². The molecule has 0 bridgehead atoms. The predicted octanol–water partition coefficient (Wildman–Crippen LogP) is 7.33. The van der Waals surface area contributed by atoms with Crippen LogP contribution in [0.4, 0.5) is 5.69 Å². The molecule has 3 aliphatic rings. The number of hydrogen-bond acceptors (Lipinski definition) is 3. The molecule has 0 spiro atoms. The second kappa shape index (κ2) is 8.69. The molecule has 1 aromatic rings. The van der Waals surface area contributed by atoms with E-state index >= 15 is 0 Å². The fourth-order valence-electron chi connectivity index (χ4n) is 4.98. The van der Waals surface area contributed by atoms with E-state index in [1.165, 1.54) is 16.8 Å². The van der Waals surface area contributed by atoms with Crippen molar-refractivity contribution in [3.05, 3.63) is 93.4 Å². The fraction of sp³-hybridized carbons (Fsp3) is 0.400. The Hall–Kier alpha value is -3.50. The van der Waals surface area contributed by atoms with E-state index in [-0.39, 0.29) is 16.5 Å². The van der Waals surface area contributed by atoms with E-state index in [4.69, 9.17) is 11.3 Å². The zero-order valence-corrected chi connectivity index (χ0v) is 21.0. The maximum absolute atomic E-state index is 9.38. The van der Waals surface area contributed by atoms with Gasteiger partial charge in [-0.15, -0.1) is 0 Å². The van der Waals surface area contributed by atoms with Crippen LogP contribution >= 0.6 is 0 Å². The summed E-state index contributed by atoms with van der Waals surface area (Å²) in [5, 5.41) is 9.38. The minimum atomic E-state index is 0.0532. The van der Waals surface area contributed by atoms with Gasteiger partial charge in [0.2, 0.25) is 0 Å². The lowest BCUT2D eigenvalue weighted by molar-refractivity contribution is 0.323. The summed E-state index contributed by atoms with van der Waals surface area (Å²) in [4.78, 5) is 5.95. The first kappa shape index (κ1) is 23.7. The lowest BCUT2D eigenvalue weighted by Gasteiger charge is -2.48. The molecule has 34 heavy (non-hydrogen) atoms. The second-order valence-electron chi connectivity index (χ2n) is 10.7. The van der Waals surface area contributed by atoms with Gasteiger partial charge in [-0.2, -0.15) is 0 Å². The zero-order chi connectivity index (χ0) is 24.7. The standard InChI is InChI=1S/C30H33N3O/c1-8-20(2)27-18-22(26(19-31)32-7)17-23(34-27)10-9-21-15-24-28-25(16-21)30(5,6)12-14-33(28)13-11-29(24,3)4/h9-10,15-18H,2,8,11-14H2,1,3-6H3. The van der Waals surface area contributed by atoms with Gasteiger partial charge in [-0.3, -0.25) is 0 Å². The minimum Gasteiger partial charge on any atom is -0.457 e. The molecule has 1 aromatic carbocycles. The van der Waals surface area contributed by atoms with Gasteiger partial charge in [0.15, 0.2) is 0 Å². The van der Waals surface area contributed by atoms with Gasteiger partial charge in [0.1, 0.15) is 11.5 Å². The third kappa shape index (κ3) is 4.22. The van der Waals surface area contributed by atoms with Gasteiger partial charge >= 0.3 is 0 Å². The Morgan fingerprint density at radius 1 is 1.15 bits per heavy atom. The largest absolute Gasteiger partial charge is 0.457 e. The van der Waals surface area contributed by atoms with Gasteiger partial charge in [0.05, 0.1) is 12.6 Å². The van der Waals surface area contributed by atoms with Crippen LogP contribution in [0.25, 0.3) is 10.9 Å². The summed E-state index contributed by atoms with van der Waals surface area (Å²) in [5.74, 6) is 1.21. The van der Waals surface area contributed by atoms with E-state index in [1.54, 1.807) is 12.2 Å². The predicted molar refractivity (Wildman–Crippen MR) is 139 cm³/mol. The lowest BCUT2D eigenvalue weighted by Crippen LogP contribution is -2.44. The highest BCUT2D eigenvalue weighted by molar-refractivity contribution is 5.72. The maximum Gasteiger partial charge on any atom is 0.269 e. The number of allylic oxidation sites excluding steroid dienone is 6. The van der Waals surface area contributed by atoms with Crippen LogP contribution < -0.4 is 4.90 Å². The van der Waals surface area contributed by atoms with Crippen LogP contribution in [0.3, 0.4) is 0 Å². The summed E-state index contributed by atoms with van der Waals surface area (Å²) >= 11 is 0. The summed E-state index contributed by atoms with van der Waals surface area (Å²) < 4.78 is 6.09. The molecule has 4 heteroatoms. The number of hydrogen-bond donors (Lipinski definition) is 0. The normalized spacial score (nSPS) is 21.4. The third-order valence-electron chi connectivity index (χ3n) is 7.44. The first-order chi connectivity index (χ1) is 16.1. The fourth-order valence-corrected chi connectivity index (χ4v) is 4.98.